The van der Waals surface area contributed by atoms with Crippen LogP contribution in [0.25, 0.3) is 0 Å². The molecular weight excluding hydrogens is 246 g/mol. The molecule has 0 saturated heterocycles. The molecule has 0 amide bonds. The molecule has 2 aromatic carbocycles. The van der Waals surface area contributed by atoms with Crippen molar-refractivity contribution < 1.29 is 13.9 Å². The lowest BCUT2D eigenvalue weighted by atomic mass is 10.0. The number of aliphatic hydroxyl groups excluding tert-OH is 1. The summed E-state index contributed by atoms with van der Waals surface area (Å²) in [5.41, 5.74) is 1.35. The third-order valence-corrected chi connectivity index (χ3v) is 3.11. The van der Waals surface area contributed by atoms with Gasteiger partial charge in [0.2, 0.25) is 0 Å². The molecule has 0 saturated carbocycles. The standard InChI is InChI=1S/C16H16F2O/c17-13-9-10-14(15(18)11-13)16(19)8-4-7-12-5-2-1-3-6-12/h1-3,5-6,9-11,16,19H,4,7-8H2. The second-order valence-electron chi connectivity index (χ2n) is 4.56. The average molecular weight is 262 g/mol. The highest BCUT2D eigenvalue weighted by molar-refractivity contribution is 5.21. The van der Waals surface area contributed by atoms with Gasteiger partial charge in [-0.15, -0.1) is 0 Å². The van der Waals surface area contributed by atoms with Crippen molar-refractivity contribution in [2.75, 3.05) is 0 Å². The summed E-state index contributed by atoms with van der Waals surface area (Å²) >= 11 is 0. The van der Waals surface area contributed by atoms with E-state index in [2.05, 4.69) is 0 Å². The lowest BCUT2D eigenvalue weighted by molar-refractivity contribution is 0.160. The van der Waals surface area contributed by atoms with Gasteiger partial charge in [-0.05, 0) is 30.9 Å². The molecule has 2 aromatic rings. The first kappa shape index (κ1) is 13.7. The van der Waals surface area contributed by atoms with Gasteiger partial charge in [0.1, 0.15) is 11.6 Å². The number of aryl methyl sites for hydroxylation is 1. The first-order chi connectivity index (χ1) is 9.16. The number of benzene rings is 2. The zero-order valence-corrected chi connectivity index (χ0v) is 10.5. The minimum Gasteiger partial charge on any atom is -0.388 e. The summed E-state index contributed by atoms with van der Waals surface area (Å²) in [6, 6.07) is 13.2. The number of hydrogen-bond donors (Lipinski definition) is 1. The number of halogens is 2. The third kappa shape index (κ3) is 3.86. The Balaban J connectivity index is 1.89. The smallest absolute Gasteiger partial charge is 0.131 e. The van der Waals surface area contributed by atoms with E-state index in [9.17, 15) is 13.9 Å². The summed E-state index contributed by atoms with van der Waals surface area (Å²) in [5, 5.41) is 9.91. The maximum Gasteiger partial charge on any atom is 0.131 e. The Morgan fingerprint density at radius 3 is 2.42 bits per heavy atom. The van der Waals surface area contributed by atoms with Gasteiger partial charge in [0.25, 0.3) is 0 Å². The monoisotopic (exact) mass is 262 g/mol. The van der Waals surface area contributed by atoms with Gasteiger partial charge in [0.05, 0.1) is 6.10 Å². The van der Waals surface area contributed by atoms with Crippen molar-refractivity contribution in [2.45, 2.75) is 25.4 Å². The minimum absolute atomic E-state index is 0.162. The zero-order chi connectivity index (χ0) is 13.7. The molecule has 0 aromatic heterocycles. The highest BCUT2D eigenvalue weighted by Crippen LogP contribution is 2.22. The fourth-order valence-electron chi connectivity index (χ4n) is 2.07. The third-order valence-electron chi connectivity index (χ3n) is 3.11. The van der Waals surface area contributed by atoms with Crippen molar-refractivity contribution in [3.63, 3.8) is 0 Å². The molecule has 1 unspecified atom stereocenters. The Labute approximate surface area is 111 Å². The SMILES string of the molecule is OC(CCCc1ccccc1)c1ccc(F)cc1F. The highest BCUT2D eigenvalue weighted by Gasteiger charge is 2.13. The molecule has 0 bridgehead atoms. The summed E-state index contributed by atoms with van der Waals surface area (Å²) in [4.78, 5) is 0. The summed E-state index contributed by atoms with van der Waals surface area (Å²) in [5.74, 6) is -1.31. The second-order valence-corrected chi connectivity index (χ2v) is 4.56. The fourth-order valence-corrected chi connectivity index (χ4v) is 2.07. The van der Waals surface area contributed by atoms with Crippen molar-refractivity contribution >= 4 is 0 Å². The molecule has 1 atom stereocenters. The van der Waals surface area contributed by atoms with Crippen LogP contribution in [0.15, 0.2) is 48.5 Å². The van der Waals surface area contributed by atoms with Gasteiger partial charge in [-0.2, -0.15) is 0 Å². The van der Waals surface area contributed by atoms with Crippen molar-refractivity contribution in [2.24, 2.45) is 0 Å². The first-order valence-corrected chi connectivity index (χ1v) is 6.34. The molecule has 1 N–H and O–H groups in total. The molecule has 0 fully saturated rings. The summed E-state index contributed by atoms with van der Waals surface area (Å²) in [6.07, 6.45) is 1.16. The molecule has 100 valence electrons. The molecule has 1 nitrogen and oxygen atoms in total. The van der Waals surface area contributed by atoms with Crippen LogP contribution in [-0.2, 0) is 6.42 Å². The van der Waals surface area contributed by atoms with E-state index < -0.39 is 17.7 Å². The van der Waals surface area contributed by atoms with Crippen molar-refractivity contribution in [1.29, 1.82) is 0 Å². The number of aliphatic hydroxyl groups is 1. The molecule has 19 heavy (non-hydrogen) atoms. The molecule has 0 aliphatic rings. The maximum atomic E-state index is 13.5. The highest BCUT2D eigenvalue weighted by atomic mass is 19.1. The van der Waals surface area contributed by atoms with Crippen LogP contribution < -0.4 is 0 Å². The Hall–Kier alpha value is -1.74. The largest absolute Gasteiger partial charge is 0.388 e. The van der Waals surface area contributed by atoms with E-state index in [0.717, 1.165) is 18.9 Å². The van der Waals surface area contributed by atoms with Crippen molar-refractivity contribution in [1.82, 2.24) is 0 Å². The summed E-state index contributed by atoms with van der Waals surface area (Å²) < 4.78 is 26.2. The fraction of sp³-hybridized carbons (Fsp3) is 0.250. The van der Waals surface area contributed by atoms with Gasteiger partial charge in [-0.25, -0.2) is 8.78 Å². The topological polar surface area (TPSA) is 20.2 Å². The molecule has 0 aliphatic carbocycles. The van der Waals surface area contributed by atoms with Crippen LogP contribution in [0.2, 0.25) is 0 Å². The zero-order valence-electron chi connectivity index (χ0n) is 10.5. The molecule has 0 radical (unpaired) electrons. The van der Waals surface area contributed by atoms with Crippen LogP contribution in [0.4, 0.5) is 8.78 Å². The molecule has 0 heterocycles. The first-order valence-electron chi connectivity index (χ1n) is 6.34. The lowest BCUT2D eigenvalue weighted by Crippen LogP contribution is -2.02. The summed E-state index contributed by atoms with van der Waals surface area (Å²) in [6.45, 7) is 0. The van der Waals surface area contributed by atoms with E-state index in [0.29, 0.717) is 6.42 Å². The molecule has 0 aliphatic heterocycles. The Kier molecular flexibility index (Phi) is 4.63. The van der Waals surface area contributed by atoms with Crippen LogP contribution in [0.5, 0.6) is 0 Å². The predicted molar refractivity (Wildman–Crippen MR) is 70.7 cm³/mol. The van der Waals surface area contributed by atoms with Gasteiger partial charge in [-0.3, -0.25) is 0 Å². The maximum absolute atomic E-state index is 13.5. The summed E-state index contributed by atoms with van der Waals surface area (Å²) in [7, 11) is 0. The number of hydrogen-bond acceptors (Lipinski definition) is 1. The van der Waals surface area contributed by atoms with Crippen LogP contribution in [0, 0.1) is 11.6 Å². The molecular formula is C16H16F2O. The Morgan fingerprint density at radius 2 is 1.74 bits per heavy atom. The van der Waals surface area contributed by atoms with E-state index in [4.69, 9.17) is 0 Å². The predicted octanol–water partition coefficient (Wildman–Crippen LogP) is 4.02. The van der Waals surface area contributed by atoms with Gasteiger partial charge in [0.15, 0.2) is 0 Å². The van der Waals surface area contributed by atoms with Gasteiger partial charge < -0.3 is 5.11 Å². The quantitative estimate of drug-likeness (QED) is 0.862. The van der Waals surface area contributed by atoms with E-state index >= 15 is 0 Å². The van der Waals surface area contributed by atoms with Crippen LogP contribution in [-0.4, -0.2) is 5.11 Å². The average Bonchev–Trinajstić information content (AvgIpc) is 2.39. The number of rotatable bonds is 5. The lowest BCUT2D eigenvalue weighted by Gasteiger charge is -2.11. The molecule has 0 spiro atoms. The second kappa shape index (κ2) is 6.43. The van der Waals surface area contributed by atoms with Gasteiger partial charge >= 0.3 is 0 Å². The minimum atomic E-state index is -0.885. The van der Waals surface area contributed by atoms with Crippen molar-refractivity contribution in [3.05, 3.63) is 71.3 Å². The van der Waals surface area contributed by atoms with Crippen LogP contribution in [0.3, 0.4) is 0 Å². The Bertz CT molecular complexity index is 526. The van der Waals surface area contributed by atoms with Crippen molar-refractivity contribution in [3.8, 4) is 0 Å². The van der Waals surface area contributed by atoms with Crippen LogP contribution in [0.1, 0.15) is 30.1 Å². The molecule has 3 heteroatoms. The molecule has 2 rings (SSSR count). The normalized spacial score (nSPS) is 12.4. The van der Waals surface area contributed by atoms with Gasteiger partial charge in [-0.1, -0.05) is 36.4 Å². The van der Waals surface area contributed by atoms with E-state index in [1.807, 2.05) is 30.3 Å². The van der Waals surface area contributed by atoms with Gasteiger partial charge in [0, 0.05) is 11.6 Å². The Morgan fingerprint density at radius 1 is 1.00 bits per heavy atom. The van der Waals surface area contributed by atoms with E-state index in [1.54, 1.807) is 0 Å². The van der Waals surface area contributed by atoms with E-state index in [-0.39, 0.29) is 5.56 Å². The van der Waals surface area contributed by atoms with Crippen LogP contribution >= 0.6 is 0 Å². The van der Waals surface area contributed by atoms with E-state index in [1.165, 1.54) is 17.7 Å².